The molecule has 1 aromatic rings. The zero-order valence-corrected chi connectivity index (χ0v) is 11.7. The Kier molecular flexibility index (Phi) is 6.19. The molecular formula is C14H18N2O5. The van der Waals surface area contributed by atoms with Crippen LogP contribution in [0.5, 0.6) is 5.75 Å². The topological polar surface area (TPSA) is 119 Å². The summed E-state index contributed by atoms with van der Waals surface area (Å²) in [4.78, 5) is 33.9. The Morgan fingerprint density at radius 2 is 2.00 bits per heavy atom. The van der Waals surface area contributed by atoms with Crippen molar-refractivity contribution in [3.8, 4) is 5.75 Å². The summed E-state index contributed by atoms with van der Waals surface area (Å²) in [6.07, 6.45) is -0.183. The lowest BCUT2D eigenvalue weighted by Gasteiger charge is -2.15. The van der Waals surface area contributed by atoms with Gasteiger partial charge in [-0.25, -0.2) is 4.79 Å². The third kappa shape index (κ3) is 5.13. The van der Waals surface area contributed by atoms with Gasteiger partial charge in [-0.3, -0.25) is 9.59 Å². The summed E-state index contributed by atoms with van der Waals surface area (Å²) in [5.41, 5.74) is 5.22. The van der Waals surface area contributed by atoms with E-state index in [1.54, 1.807) is 25.1 Å². The van der Waals surface area contributed by atoms with E-state index in [2.05, 4.69) is 5.32 Å². The molecule has 0 radical (unpaired) electrons. The van der Waals surface area contributed by atoms with Gasteiger partial charge in [-0.15, -0.1) is 0 Å². The number of carbonyl (C=O) groups is 3. The van der Waals surface area contributed by atoms with Crippen molar-refractivity contribution in [1.82, 2.24) is 5.32 Å². The van der Waals surface area contributed by atoms with Crippen molar-refractivity contribution in [1.29, 1.82) is 0 Å². The predicted octanol–water partition coefficient (Wildman–Crippen LogP) is 0.534. The van der Waals surface area contributed by atoms with Gasteiger partial charge in [0.25, 0.3) is 5.91 Å². The molecule has 7 heteroatoms. The predicted molar refractivity (Wildman–Crippen MR) is 74.9 cm³/mol. The van der Waals surface area contributed by atoms with Crippen LogP contribution in [-0.4, -0.2) is 35.5 Å². The van der Waals surface area contributed by atoms with Gasteiger partial charge in [0.2, 0.25) is 5.91 Å². The summed E-state index contributed by atoms with van der Waals surface area (Å²) >= 11 is 0. The van der Waals surface area contributed by atoms with Gasteiger partial charge in [-0.1, -0.05) is 12.1 Å². The van der Waals surface area contributed by atoms with Crippen LogP contribution in [0.1, 0.15) is 30.1 Å². The average molecular weight is 294 g/mol. The number of aliphatic carboxylic acids is 1. The van der Waals surface area contributed by atoms with Gasteiger partial charge in [0.1, 0.15) is 11.8 Å². The van der Waals surface area contributed by atoms with Crippen molar-refractivity contribution in [2.75, 3.05) is 6.61 Å². The third-order valence-corrected chi connectivity index (χ3v) is 2.71. The molecule has 0 aliphatic carbocycles. The molecule has 1 aromatic carbocycles. The Morgan fingerprint density at radius 3 is 2.57 bits per heavy atom. The van der Waals surface area contributed by atoms with Crippen molar-refractivity contribution in [3.63, 3.8) is 0 Å². The number of amides is 2. The molecule has 0 fully saturated rings. The van der Waals surface area contributed by atoms with Crippen LogP contribution < -0.4 is 15.8 Å². The molecule has 0 saturated heterocycles. The van der Waals surface area contributed by atoms with E-state index in [1.165, 1.54) is 6.07 Å². The van der Waals surface area contributed by atoms with Gasteiger partial charge in [0, 0.05) is 6.42 Å². The number of hydrogen-bond donors (Lipinski definition) is 3. The van der Waals surface area contributed by atoms with Crippen LogP contribution in [0.25, 0.3) is 0 Å². The fourth-order valence-electron chi connectivity index (χ4n) is 1.72. The number of carbonyl (C=O) groups excluding carboxylic acids is 2. The van der Waals surface area contributed by atoms with Crippen LogP contribution in [0.15, 0.2) is 24.3 Å². The highest BCUT2D eigenvalue weighted by molar-refractivity contribution is 5.99. The molecule has 2 amide bonds. The minimum atomic E-state index is -1.22. The smallest absolute Gasteiger partial charge is 0.326 e. The quantitative estimate of drug-likeness (QED) is 0.646. The van der Waals surface area contributed by atoms with E-state index in [-0.39, 0.29) is 18.4 Å². The maximum Gasteiger partial charge on any atom is 0.326 e. The summed E-state index contributed by atoms with van der Waals surface area (Å²) in [5.74, 6) is -2.05. The van der Waals surface area contributed by atoms with E-state index in [9.17, 15) is 14.4 Å². The fourth-order valence-corrected chi connectivity index (χ4v) is 1.72. The van der Waals surface area contributed by atoms with Gasteiger partial charge in [0.15, 0.2) is 0 Å². The van der Waals surface area contributed by atoms with E-state index in [4.69, 9.17) is 15.6 Å². The molecule has 0 aliphatic rings. The standard InChI is InChI=1S/C14H18N2O5/c1-2-21-11-6-4-3-5-9(11)13(18)16-10(14(19)20)7-8-12(15)17/h3-6,10H,2,7-8H2,1H3,(H2,15,17)(H,16,18)(H,19,20)/t10-/m1/s1. The Hall–Kier alpha value is -2.57. The number of rotatable bonds is 8. The normalized spacial score (nSPS) is 11.5. The number of hydrogen-bond acceptors (Lipinski definition) is 4. The first-order chi connectivity index (χ1) is 9.95. The van der Waals surface area contributed by atoms with Crippen molar-refractivity contribution in [3.05, 3.63) is 29.8 Å². The Balaban J connectivity index is 2.82. The lowest BCUT2D eigenvalue weighted by Crippen LogP contribution is -2.41. The minimum Gasteiger partial charge on any atom is -0.493 e. The highest BCUT2D eigenvalue weighted by atomic mass is 16.5. The SMILES string of the molecule is CCOc1ccccc1C(=O)N[C@H](CCC(N)=O)C(=O)O. The molecule has 0 aromatic heterocycles. The summed E-state index contributed by atoms with van der Waals surface area (Å²) in [6, 6.07) is 5.34. The maximum atomic E-state index is 12.1. The first kappa shape index (κ1) is 16.5. The number of benzene rings is 1. The number of primary amides is 1. The van der Waals surface area contributed by atoms with Gasteiger partial charge in [-0.2, -0.15) is 0 Å². The average Bonchev–Trinajstić information content (AvgIpc) is 2.43. The van der Waals surface area contributed by atoms with Gasteiger partial charge < -0.3 is 20.9 Å². The molecule has 7 nitrogen and oxygen atoms in total. The van der Waals surface area contributed by atoms with Crippen molar-refractivity contribution < 1.29 is 24.2 Å². The van der Waals surface area contributed by atoms with Gasteiger partial charge in [-0.05, 0) is 25.5 Å². The van der Waals surface area contributed by atoms with Crippen LogP contribution >= 0.6 is 0 Å². The molecule has 0 saturated carbocycles. The molecule has 0 bridgehead atoms. The van der Waals surface area contributed by atoms with Crippen molar-refractivity contribution in [2.45, 2.75) is 25.8 Å². The van der Waals surface area contributed by atoms with Gasteiger partial charge in [0.05, 0.1) is 12.2 Å². The summed E-state index contributed by atoms with van der Waals surface area (Å²) < 4.78 is 5.32. The van der Waals surface area contributed by atoms with Gasteiger partial charge >= 0.3 is 5.97 Å². The van der Waals surface area contributed by atoms with Crippen LogP contribution in [0.2, 0.25) is 0 Å². The highest BCUT2D eigenvalue weighted by Crippen LogP contribution is 2.18. The van der Waals surface area contributed by atoms with Crippen molar-refractivity contribution in [2.24, 2.45) is 5.73 Å². The van der Waals surface area contributed by atoms with E-state index in [0.29, 0.717) is 12.4 Å². The second kappa shape index (κ2) is 7.88. The first-order valence-electron chi connectivity index (χ1n) is 6.49. The Morgan fingerprint density at radius 1 is 1.33 bits per heavy atom. The maximum absolute atomic E-state index is 12.1. The number of carboxylic acids is 1. The molecular weight excluding hydrogens is 276 g/mol. The van der Waals surface area contributed by atoms with Crippen LogP contribution in [-0.2, 0) is 9.59 Å². The summed E-state index contributed by atoms with van der Waals surface area (Å²) in [5, 5.41) is 11.4. The summed E-state index contributed by atoms with van der Waals surface area (Å²) in [7, 11) is 0. The molecule has 1 rings (SSSR count). The Bertz CT molecular complexity index is 530. The largest absolute Gasteiger partial charge is 0.493 e. The van der Waals surface area contributed by atoms with Crippen LogP contribution in [0.3, 0.4) is 0 Å². The molecule has 0 unspecified atom stereocenters. The fraction of sp³-hybridized carbons (Fsp3) is 0.357. The number of nitrogens with one attached hydrogen (secondary N) is 1. The number of carboxylic acid groups (broad SMARTS) is 1. The number of nitrogens with two attached hydrogens (primary N) is 1. The molecule has 4 N–H and O–H groups in total. The molecule has 0 heterocycles. The molecule has 0 spiro atoms. The van der Waals surface area contributed by atoms with Crippen LogP contribution in [0.4, 0.5) is 0 Å². The number of ether oxygens (including phenoxy) is 1. The summed E-state index contributed by atoms with van der Waals surface area (Å²) in [6.45, 7) is 2.16. The zero-order chi connectivity index (χ0) is 15.8. The molecule has 21 heavy (non-hydrogen) atoms. The Labute approximate surface area is 122 Å². The van der Waals surface area contributed by atoms with E-state index >= 15 is 0 Å². The number of para-hydroxylation sites is 1. The molecule has 1 atom stereocenters. The first-order valence-corrected chi connectivity index (χ1v) is 6.49. The van der Waals surface area contributed by atoms with Crippen molar-refractivity contribution >= 4 is 17.8 Å². The lowest BCUT2D eigenvalue weighted by atomic mass is 10.1. The molecule has 0 aliphatic heterocycles. The minimum absolute atomic E-state index is 0.0623. The highest BCUT2D eigenvalue weighted by Gasteiger charge is 2.22. The second-order valence-electron chi connectivity index (χ2n) is 4.30. The van der Waals surface area contributed by atoms with E-state index < -0.39 is 23.8 Å². The van der Waals surface area contributed by atoms with E-state index in [0.717, 1.165) is 0 Å². The monoisotopic (exact) mass is 294 g/mol. The zero-order valence-electron chi connectivity index (χ0n) is 11.7. The molecule has 114 valence electrons. The van der Waals surface area contributed by atoms with Crippen LogP contribution in [0, 0.1) is 0 Å². The van der Waals surface area contributed by atoms with E-state index in [1.807, 2.05) is 0 Å². The lowest BCUT2D eigenvalue weighted by molar-refractivity contribution is -0.139. The second-order valence-corrected chi connectivity index (χ2v) is 4.30. The third-order valence-electron chi connectivity index (χ3n) is 2.71.